The molecule has 39 heavy (non-hydrogen) atoms. The van der Waals surface area contributed by atoms with Gasteiger partial charge in [0.15, 0.2) is 0 Å². The zero-order valence-electron chi connectivity index (χ0n) is 22.8. The quantitative estimate of drug-likeness (QED) is 0.135. The van der Waals surface area contributed by atoms with Crippen LogP contribution in [0.2, 0.25) is 0 Å². The molecule has 0 radical (unpaired) electrons. The van der Waals surface area contributed by atoms with Crippen molar-refractivity contribution < 1.29 is 29.4 Å². The number of carbonyl (C=O) groups is 4. The summed E-state index contributed by atoms with van der Waals surface area (Å²) in [6, 6.07) is 2.77. The number of nitrogens with two attached hydrogens (primary N) is 2. The lowest BCUT2D eigenvalue weighted by Gasteiger charge is -2.27. The molecule has 0 aliphatic rings. The summed E-state index contributed by atoms with van der Waals surface area (Å²) < 4.78 is 0. The molecule has 0 aliphatic heterocycles. The summed E-state index contributed by atoms with van der Waals surface area (Å²) in [7, 11) is 0. The molecule has 0 spiro atoms. The highest BCUT2D eigenvalue weighted by Gasteiger charge is 2.33. The number of aliphatic hydroxyl groups excluding tert-OH is 1. The summed E-state index contributed by atoms with van der Waals surface area (Å²) in [6.07, 6.45) is 2.38. The zero-order valence-corrected chi connectivity index (χ0v) is 22.8. The van der Waals surface area contributed by atoms with E-state index in [-0.39, 0.29) is 18.8 Å². The molecule has 12 nitrogen and oxygen atoms in total. The van der Waals surface area contributed by atoms with Crippen LogP contribution in [0.15, 0.2) is 30.5 Å². The van der Waals surface area contributed by atoms with Crippen molar-refractivity contribution in [2.24, 2.45) is 17.4 Å². The number of nitrogens with one attached hydrogen (secondary N) is 4. The fraction of sp³-hybridized carbons (Fsp3) is 0.556. The normalized spacial score (nSPS) is 15.3. The van der Waals surface area contributed by atoms with Gasteiger partial charge in [0.2, 0.25) is 17.7 Å². The van der Waals surface area contributed by atoms with Crippen LogP contribution in [-0.2, 0) is 25.6 Å². The number of hydrogen-bond acceptors (Lipinski definition) is 7. The molecule has 216 valence electrons. The van der Waals surface area contributed by atoms with Crippen LogP contribution in [0.5, 0.6) is 0 Å². The monoisotopic (exact) mass is 546 g/mol. The molecular formula is C27H42N6O6. The molecule has 1 aromatic carbocycles. The van der Waals surface area contributed by atoms with E-state index in [1.54, 1.807) is 6.20 Å². The van der Waals surface area contributed by atoms with Gasteiger partial charge in [-0.05, 0) is 50.3 Å². The van der Waals surface area contributed by atoms with Crippen LogP contribution in [0.3, 0.4) is 0 Å². The van der Waals surface area contributed by atoms with E-state index in [0.717, 1.165) is 17.3 Å². The number of benzene rings is 1. The van der Waals surface area contributed by atoms with E-state index in [0.29, 0.717) is 24.9 Å². The number of hydrogen-bond donors (Lipinski definition) is 8. The van der Waals surface area contributed by atoms with Crippen molar-refractivity contribution in [1.29, 1.82) is 0 Å². The number of aromatic nitrogens is 1. The third-order valence-corrected chi connectivity index (χ3v) is 6.42. The molecule has 0 bridgehead atoms. The fourth-order valence-electron chi connectivity index (χ4n) is 4.26. The van der Waals surface area contributed by atoms with Gasteiger partial charge >= 0.3 is 5.97 Å². The smallest absolute Gasteiger partial charge is 0.326 e. The highest BCUT2D eigenvalue weighted by molar-refractivity contribution is 5.94. The molecule has 2 aromatic rings. The molecule has 5 atom stereocenters. The summed E-state index contributed by atoms with van der Waals surface area (Å²) in [5, 5.41) is 28.4. The van der Waals surface area contributed by atoms with Crippen molar-refractivity contribution >= 4 is 34.6 Å². The molecule has 5 unspecified atom stereocenters. The van der Waals surface area contributed by atoms with Gasteiger partial charge in [-0.15, -0.1) is 0 Å². The Bertz CT molecular complexity index is 1120. The first-order valence-corrected chi connectivity index (χ1v) is 13.3. The largest absolute Gasteiger partial charge is 0.480 e. The van der Waals surface area contributed by atoms with Gasteiger partial charge in [0, 0.05) is 23.5 Å². The molecule has 0 aliphatic carbocycles. The van der Waals surface area contributed by atoms with Gasteiger partial charge in [-0.1, -0.05) is 38.5 Å². The Balaban J connectivity index is 2.11. The molecule has 2 rings (SSSR count). The summed E-state index contributed by atoms with van der Waals surface area (Å²) in [5.74, 6) is -3.30. The zero-order chi connectivity index (χ0) is 29.1. The van der Waals surface area contributed by atoms with E-state index >= 15 is 0 Å². The summed E-state index contributed by atoms with van der Waals surface area (Å²) in [4.78, 5) is 53.9. The summed E-state index contributed by atoms with van der Waals surface area (Å²) >= 11 is 0. The molecular weight excluding hydrogens is 504 g/mol. The minimum Gasteiger partial charge on any atom is -0.480 e. The lowest BCUT2D eigenvalue weighted by atomic mass is 10.0. The van der Waals surface area contributed by atoms with Crippen LogP contribution >= 0.6 is 0 Å². The van der Waals surface area contributed by atoms with E-state index in [4.69, 9.17) is 11.5 Å². The second-order valence-electron chi connectivity index (χ2n) is 10.3. The van der Waals surface area contributed by atoms with E-state index in [2.05, 4.69) is 20.9 Å². The van der Waals surface area contributed by atoms with Crippen LogP contribution < -0.4 is 27.4 Å². The van der Waals surface area contributed by atoms with Gasteiger partial charge in [-0.3, -0.25) is 14.4 Å². The topological polar surface area (TPSA) is 213 Å². The predicted molar refractivity (Wildman–Crippen MR) is 147 cm³/mol. The number of carbonyl (C=O) groups excluding carboxylic acids is 3. The third-order valence-electron chi connectivity index (χ3n) is 6.42. The lowest BCUT2D eigenvalue weighted by molar-refractivity contribution is -0.143. The van der Waals surface area contributed by atoms with Crippen LogP contribution in [0.25, 0.3) is 10.9 Å². The third kappa shape index (κ3) is 9.65. The first kappa shape index (κ1) is 31.7. The van der Waals surface area contributed by atoms with Crippen LogP contribution in [0, 0.1) is 5.92 Å². The minimum absolute atomic E-state index is 0.0142. The first-order chi connectivity index (χ1) is 18.4. The van der Waals surface area contributed by atoms with Gasteiger partial charge in [0.25, 0.3) is 0 Å². The van der Waals surface area contributed by atoms with Gasteiger partial charge in [-0.25, -0.2) is 4.79 Å². The second-order valence-corrected chi connectivity index (χ2v) is 10.3. The van der Waals surface area contributed by atoms with Crippen molar-refractivity contribution in [3.63, 3.8) is 0 Å². The van der Waals surface area contributed by atoms with Gasteiger partial charge in [0.05, 0.1) is 12.1 Å². The van der Waals surface area contributed by atoms with Crippen molar-refractivity contribution in [2.45, 2.75) is 83.1 Å². The number of carboxylic acid groups (broad SMARTS) is 1. The number of amides is 3. The summed E-state index contributed by atoms with van der Waals surface area (Å²) in [6.45, 7) is 5.53. The SMILES string of the molecule is CC(C)CC(NC(=O)C(N)CCCCN)C(=O)NC(C(=O)NC(Cc1c[nH]c2ccccc12)C(=O)O)C(C)O. The molecule has 12 heteroatoms. The van der Waals surface area contributed by atoms with Gasteiger partial charge in [0.1, 0.15) is 18.1 Å². The van der Waals surface area contributed by atoms with E-state index in [1.165, 1.54) is 6.92 Å². The molecule has 0 fully saturated rings. The first-order valence-electron chi connectivity index (χ1n) is 13.3. The van der Waals surface area contributed by atoms with Crippen LogP contribution in [0.1, 0.15) is 52.0 Å². The second kappa shape index (κ2) is 15.2. The fourth-order valence-corrected chi connectivity index (χ4v) is 4.26. The Morgan fingerprint density at radius 3 is 2.23 bits per heavy atom. The number of para-hydroxylation sites is 1. The molecule has 10 N–H and O–H groups in total. The Labute approximate surface area is 228 Å². The number of unbranched alkanes of at least 4 members (excludes halogenated alkanes) is 1. The minimum atomic E-state index is -1.45. The molecule has 0 saturated carbocycles. The van der Waals surface area contributed by atoms with E-state index < -0.39 is 54.0 Å². The predicted octanol–water partition coefficient (Wildman–Crippen LogP) is 0.133. The van der Waals surface area contributed by atoms with Crippen molar-refractivity contribution in [2.75, 3.05) is 6.54 Å². The molecule has 0 saturated heterocycles. The number of aliphatic carboxylic acids is 1. The van der Waals surface area contributed by atoms with Crippen LogP contribution in [-0.4, -0.2) is 75.7 Å². The highest BCUT2D eigenvalue weighted by atomic mass is 16.4. The van der Waals surface area contributed by atoms with Crippen molar-refractivity contribution in [3.05, 3.63) is 36.0 Å². The number of carboxylic acids is 1. The number of rotatable bonds is 16. The van der Waals surface area contributed by atoms with Crippen molar-refractivity contribution in [1.82, 2.24) is 20.9 Å². The average Bonchev–Trinajstić information content (AvgIpc) is 3.28. The van der Waals surface area contributed by atoms with Gasteiger partial charge in [-0.2, -0.15) is 0 Å². The summed E-state index contributed by atoms with van der Waals surface area (Å²) in [5.41, 5.74) is 13.0. The standard InChI is InChI=1S/C27H42N6O6/c1-15(2)12-21(31-24(35)19(29)9-6-7-11-28)25(36)33-23(16(3)34)26(37)32-22(27(38)39)13-17-14-30-20-10-5-4-8-18(17)20/h4-5,8,10,14-16,19,21-23,30,34H,6-7,9,11-13,28-29H2,1-3H3,(H,31,35)(H,32,37)(H,33,36)(H,38,39). The molecule has 1 aromatic heterocycles. The van der Waals surface area contributed by atoms with Crippen molar-refractivity contribution in [3.8, 4) is 0 Å². The highest BCUT2D eigenvalue weighted by Crippen LogP contribution is 2.19. The maximum absolute atomic E-state index is 13.1. The Hall–Kier alpha value is -3.48. The molecule has 3 amide bonds. The number of aliphatic hydroxyl groups is 1. The van der Waals surface area contributed by atoms with E-state index in [1.807, 2.05) is 38.1 Å². The average molecular weight is 547 g/mol. The lowest BCUT2D eigenvalue weighted by Crippen LogP contribution is -2.60. The Morgan fingerprint density at radius 2 is 1.62 bits per heavy atom. The maximum Gasteiger partial charge on any atom is 0.326 e. The number of fused-ring (bicyclic) bond motifs is 1. The van der Waals surface area contributed by atoms with E-state index in [9.17, 15) is 29.4 Å². The van der Waals surface area contributed by atoms with Crippen LogP contribution in [0.4, 0.5) is 0 Å². The molecule has 1 heterocycles. The maximum atomic E-state index is 13.1. The Kier molecular flexibility index (Phi) is 12.4. The van der Waals surface area contributed by atoms with Gasteiger partial charge < -0.3 is 42.6 Å². The Morgan fingerprint density at radius 1 is 0.949 bits per heavy atom. The number of aromatic amines is 1. The number of H-pyrrole nitrogens is 1.